The van der Waals surface area contributed by atoms with E-state index < -0.39 is 15.9 Å². The van der Waals surface area contributed by atoms with Crippen LogP contribution in [-0.2, 0) is 16.4 Å². The van der Waals surface area contributed by atoms with Crippen LogP contribution in [0.5, 0.6) is 17.2 Å². The minimum atomic E-state index is -3.97. The van der Waals surface area contributed by atoms with Crippen LogP contribution in [0.4, 0.5) is 10.8 Å². The summed E-state index contributed by atoms with van der Waals surface area (Å²) < 4.78 is 45.2. The van der Waals surface area contributed by atoms with Crippen LogP contribution in [-0.4, -0.2) is 50.4 Å². The molecule has 0 saturated heterocycles. The number of nitrogens with one attached hydrogen (secondary N) is 1. The average Bonchev–Trinajstić information content (AvgIpc) is 3.45. The first-order valence-electron chi connectivity index (χ1n) is 12.0. The number of aryl methyl sites for hydroxylation is 1. The molecule has 0 saturated carbocycles. The summed E-state index contributed by atoms with van der Waals surface area (Å²) in [6.45, 7) is 10.4. The Morgan fingerprint density at radius 3 is 2.32 bits per heavy atom. The highest BCUT2D eigenvalue weighted by Crippen LogP contribution is 2.40. The summed E-state index contributed by atoms with van der Waals surface area (Å²) in [5, 5.41) is 10.5. The number of aromatic nitrogens is 2. The fourth-order valence-corrected chi connectivity index (χ4v) is 6.86. The van der Waals surface area contributed by atoms with E-state index in [2.05, 4.69) is 15.5 Å². The summed E-state index contributed by atoms with van der Waals surface area (Å²) in [5.74, 6) is 0.652. The van der Waals surface area contributed by atoms with E-state index in [0.29, 0.717) is 49.2 Å². The lowest BCUT2D eigenvalue weighted by atomic mass is 10.1. The molecule has 3 aromatic rings. The van der Waals surface area contributed by atoms with Gasteiger partial charge in [-0.3, -0.25) is 14.4 Å². The Kier molecular flexibility index (Phi) is 7.88. The van der Waals surface area contributed by atoms with Crippen LogP contribution in [0.2, 0.25) is 0 Å². The number of nitrogens with zero attached hydrogens (tertiary/aromatic N) is 3. The Hall–Kier alpha value is -3.38. The minimum absolute atomic E-state index is 0.0599. The number of fused-ring (bicyclic) bond motifs is 1. The summed E-state index contributed by atoms with van der Waals surface area (Å²) in [6.07, 6.45) is 0.610. The summed E-state index contributed by atoms with van der Waals surface area (Å²) in [7, 11) is -3.97. The highest BCUT2D eigenvalue weighted by atomic mass is 32.2. The predicted octanol–water partition coefficient (Wildman–Crippen LogP) is 4.43. The molecular weight excluding hydrogens is 516 g/mol. The Morgan fingerprint density at radius 1 is 1.05 bits per heavy atom. The number of hydrogen-bond donors (Lipinski definition) is 1. The average molecular weight is 547 g/mol. The van der Waals surface area contributed by atoms with Gasteiger partial charge in [-0.2, -0.15) is 8.42 Å². The predicted molar refractivity (Wildman–Crippen MR) is 142 cm³/mol. The molecular formula is C25H30N4O6S2. The van der Waals surface area contributed by atoms with Gasteiger partial charge < -0.3 is 14.2 Å². The van der Waals surface area contributed by atoms with Gasteiger partial charge in [0, 0.05) is 11.6 Å². The van der Waals surface area contributed by atoms with Gasteiger partial charge in [0.2, 0.25) is 10.9 Å². The van der Waals surface area contributed by atoms with Crippen LogP contribution in [0.3, 0.4) is 0 Å². The number of benzene rings is 2. The minimum Gasteiger partial charge on any atom is -0.490 e. The first kappa shape index (κ1) is 26.7. The SMILES string of the molecule is CCOc1cc(C(=O)Nc2nnc(S(=O)(=O)N3c4cc(C)ccc4C[C@H]3C)s2)cc(OCC)c1OCC. The number of carbonyl (C=O) groups excluding carboxylic acids is 1. The zero-order chi connectivity index (χ0) is 26.7. The molecule has 1 N–H and O–H groups in total. The Balaban J connectivity index is 1.60. The Morgan fingerprint density at radius 2 is 1.70 bits per heavy atom. The third kappa shape index (κ3) is 5.35. The molecule has 2 heterocycles. The van der Waals surface area contributed by atoms with Gasteiger partial charge in [-0.05, 0) is 70.4 Å². The Bertz CT molecular complexity index is 1380. The lowest BCUT2D eigenvalue weighted by molar-refractivity contribution is 0.102. The van der Waals surface area contributed by atoms with Gasteiger partial charge in [-0.1, -0.05) is 23.5 Å². The fourth-order valence-electron chi connectivity index (χ4n) is 4.19. The summed E-state index contributed by atoms with van der Waals surface area (Å²) in [4.78, 5) is 13.1. The van der Waals surface area contributed by atoms with E-state index >= 15 is 0 Å². The summed E-state index contributed by atoms with van der Waals surface area (Å²) in [6, 6.07) is 8.62. The monoisotopic (exact) mass is 546 g/mol. The Labute approximate surface area is 220 Å². The molecule has 0 aliphatic carbocycles. The lowest BCUT2D eigenvalue weighted by Gasteiger charge is -2.22. The standard InChI is InChI=1S/C25H30N4O6S2/c1-6-33-20-13-18(14-21(34-7-2)22(20)35-8-3)23(30)26-24-27-28-25(36-24)37(31,32)29-16(5)12-17-10-9-15(4)11-19(17)29/h9-11,13-14,16H,6-8,12H2,1-5H3,(H,26,27,30)/t16-/m1/s1. The highest BCUT2D eigenvalue weighted by Gasteiger charge is 2.38. The van der Waals surface area contributed by atoms with Crippen molar-refractivity contribution in [3.8, 4) is 17.2 Å². The van der Waals surface area contributed by atoms with Gasteiger partial charge >= 0.3 is 0 Å². The number of carbonyl (C=O) groups is 1. The summed E-state index contributed by atoms with van der Waals surface area (Å²) in [5.41, 5.74) is 2.82. The first-order valence-corrected chi connectivity index (χ1v) is 14.3. The molecule has 2 aromatic carbocycles. The molecule has 0 radical (unpaired) electrons. The third-order valence-corrected chi connectivity index (χ3v) is 8.78. The second-order valence-electron chi connectivity index (χ2n) is 8.41. The second kappa shape index (κ2) is 10.9. The number of rotatable bonds is 10. The fraction of sp³-hybridized carbons (Fsp3) is 0.400. The van der Waals surface area contributed by atoms with Crippen LogP contribution >= 0.6 is 11.3 Å². The molecule has 0 unspecified atom stereocenters. The van der Waals surface area contributed by atoms with Crippen molar-refractivity contribution < 1.29 is 27.4 Å². The van der Waals surface area contributed by atoms with Gasteiger partial charge in [0.15, 0.2) is 11.5 Å². The molecule has 12 heteroatoms. The molecule has 4 rings (SSSR count). The van der Waals surface area contributed by atoms with Crippen LogP contribution in [0.25, 0.3) is 0 Å². The molecule has 1 aromatic heterocycles. The highest BCUT2D eigenvalue weighted by molar-refractivity contribution is 7.94. The van der Waals surface area contributed by atoms with E-state index in [0.717, 1.165) is 22.5 Å². The van der Waals surface area contributed by atoms with Crippen LogP contribution in [0.1, 0.15) is 49.2 Å². The third-order valence-electron chi connectivity index (χ3n) is 5.67. The maximum Gasteiger partial charge on any atom is 0.293 e. The molecule has 10 nitrogen and oxygen atoms in total. The zero-order valence-electron chi connectivity index (χ0n) is 21.4. The van der Waals surface area contributed by atoms with Crippen molar-refractivity contribution in [2.75, 3.05) is 29.4 Å². The molecule has 1 aliphatic rings. The van der Waals surface area contributed by atoms with Crippen LogP contribution in [0, 0.1) is 6.92 Å². The van der Waals surface area contributed by atoms with E-state index in [1.807, 2.05) is 52.8 Å². The smallest absolute Gasteiger partial charge is 0.293 e. The largest absolute Gasteiger partial charge is 0.490 e. The van der Waals surface area contributed by atoms with Crippen molar-refractivity contribution in [2.45, 2.75) is 51.4 Å². The van der Waals surface area contributed by atoms with Gasteiger partial charge in [0.25, 0.3) is 20.3 Å². The van der Waals surface area contributed by atoms with Crippen molar-refractivity contribution >= 4 is 38.1 Å². The normalized spacial score (nSPS) is 14.8. The van der Waals surface area contributed by atoms with Crippen molar-refractivity contribution in [3.05, 3.63) is 47.0 Å². The lowest BCUT2D eigenvalue weighted by Crippen LogP contribution is -2.35. The topological polar surface area (TPSA) is 120 Å². The maximum absolute atomic E-state index is 13.5. The first-order chi connectivity index (χ1) is 17.7. The van der Waals surface area contributed by atoms with E-state index in [4.69, 9.17) is 14.2 Å². The summed E-state index contributed by atoms with van der Waals surface area (Å²) >= 11 is 0.800. The van der Waals surface area contributed by atoms with Crippen molar-refractivity contribution in [1.82, 2.24) is 10.2 Å². The van der Waals surface area contributed by atoms with Gasteiger partial charge in [-0.15, -0.1) is 10.2 Å². The number of amides is 1. The quantitative estimate of drug-likeness (QED) is 0.371. The van der Waals surface area contributed by atoms with E-state index in [-0.39, 0.29) is 21.1 Å². The molecule has 1 atom stereocenters. The molecule has 1 aliphatic heterocycles. The van der Waals surface area contributed by atoms with Gasteiger partial charge in [-0.25, -0.2) is 0 Å². The maximum atomic E-state index is 13.5. The zero-order valence-corrected chi connectivity index (χ0v) is 23.0. The molecule has 37 heavy (non-hydrogen) atoms. The molecule has 0 spiro atoms. The van der Waals surface area contributed by atoms with Gasteiger partial charge in [0.05, 0.1) is 25.5 Å². The molecule has 0 fully saturated rings. The molecule has 1 amide bonds. The molecule has 0 bridgehead atoms. The number of hydrogen-bond acceptors (Lipinski definition) is 9. The van der Waals surface area contributed by atoms with Crippen LogP contribution in [0.15, 0.2) is 34.7 Å². The van der Waals surface area contributed by atoms with E-state index in [1.54, 1.807) is 12.1 Å². The van der Waals surface area contributed by atoms with Crippen LogP contribution < -0.4 is 23.8 Å². The van der Waals surface area contributed by atoms with E-state index in [1.165, 1.54) is 4.31 Å². The van der Waals surface area contributed by atoms with Crippen molar-refractivity contribution in [3.63, 3.8) is 0 Å². The van der Waals surface area contributed by atoms with Crippen molar-refractivity contribution in [2.24, 2.45) is 0 Å². The number of sulfonamides is 1. The second-order valence-corrected chi connectivity index (χ2v) is 11.4. The number of anilines is 2. The van der Waals surface area contributed by atoms with Gasteiger partial charge in [0.1, 0.15) is 0 Å². The molecule has 198 valence electrons. The number of ether oxygens (including phenoxy) is 3. The van der Waals surface area contributed by atoms with Crippen molar-refractivity contribution in [1.29, 1.82) is 0 Å². The van der Waals surface area contributed by atoms with E-state index in [9.17, 15) is 13.2 Å².